The second-order valence-electron chi connectivity index (χ2n) is 6.63. The highest BCUT2D eigenvalue weighted by Crippen LogP contribution is 2.27. The second kappa shape index (κ2) is 8.02. The summed E-state index contributed by atoms with van der Waals surface area (Å²) >= 11 is 0. The number of rotatable bonds is 6. The van der Waals surface area contributed by atoms with Gasteiger partial charge in [-0.05, 0) is 39.0 Å². The smallest absolute Gasteiger partial charge is 0.414 e. The van der Waals surface area contributed by atoms with Crippen LogP contribution in [0.1, 0.15) is 31.1 Å². The van der Waals surface area contributed by atoms with E-state index in [2.05, 4.69) is 0 Å². The average Bonchev–Trinajstić information content (AvgIpc) is 2.50. The molecule has 1 aromatic rings. The number of aliphatic hydroxyl groups is 1. The van der Waals surface area contributed by atoms with Crippen LogP contribution in [0.25, 0.3) is 0 Å². The standard InChI is InChI=1S/C16H24N2O7S/c1-16(2,3)25-15(22)18(8-9-19)13-7-6-11(10-12(13)14(20)21)26(23,24)17(4)5/h6-7,10,19H,8-9H2,1-5H3,(H,20,21). The van der Waals surface area contributed by atoms with E-state index in [0.717, 1.165) is 15.3 Å². The van der Waals surface area contributed by atoms with Crippen molar-refractivity contribution in [2.24, 2.45) is 0 Å². The Hall–Kier alpha value is -2.17. The maximum atomic E-state index is 12.4. The van der Waals surface area contributed by atoms with Gasteiger partial charge >= 0.3 is 12.1 Å². The van der Waals surface area contributed by atoms with Crippen LogP contribution in [0.15, 0.2) is 23.1 Å². The van der Waals surface area contributed by atoms with Crippen molar-refractivity contribution in [3.63, 3.8) is 0 Å². The van der Waals surface area contributed by atoms with Gasteiger partial charge < -0.3 is 14.9 Å². The van der Waals surface area contributed by atoms with Crippen LogP contribution in [0.4, 0.5) is 10.5 Å². The van der Waals surface area contributed by atoms with E-state index in [-0.39, 0.29) is 17.1 Å². The fourth-order valence-electron chi connectivity index (χ4n) is 2.02. The van der Waals surface area contributed by atoms with E-state index in [0.29, 0.717) is 0 Å². The predicted molar refractivity (Wildman–Crippen MR) is 94.9 cm³/mol. The third-order valence-electron chi connectivity index (χ3n) is 3.21. The summed E-state index contributed by atoms with van der Waals surface area (Å²) in [5.74, 6) is -1.41. The molecule has 1 rings (SSSR count). The lowest BCUT2D eigenvalue weighted by Gasteiger charge is -2.28. The molecule has 0 aliphatic rings. The zero-order valence-corrected chi connectivity index (χ0v) is 16.2. The Morgan fingerprint density at radius 2 is 1.77 bits per heavy atom. The first-order chi connectivity index (χ1) is 11.8. The molecule has 0 aliphatic heterocycles. The van der Waals surface area contributed by atoms with Gasteiger partial charge in [-0.3, -0.25) is 4.90 Å². The van der Waals surface area contributed by atoms with Gasteiger partial charge in [0.2, 0.25) is 10.0 Å². The molecular formula is C16H24N2O7S. The van der Waals surface area contributed by atoms with E-state index >= 15 is 0 Å². The SMILES string of the molecule is CN(C)S(=O)(=O)c1ccc(N(CCO)C(=O)OC(C)(C)C)c(C(=O)O)c1. The molecule has 146 valence electrons. The van der Waals surface area contributed by atoms with Gasteiger partial charge in [0.25, 0.3) is 0 Å². The Morgan fingerprint density at radius 1 is 1.19 bits per heavy atom. The number of hydrogen-bond donors (Lipinski definition) is 2. The normalized spacial score (nSPS) is 12.1. The lowest BCUT2D eigenvalue weighted by molar-refractivity contribution is 0.0573. The molecule has 10 heteroatoms. The maximum Gasteiger partial charge on any atom is 0.414 e. The highest BCUT2D eigenvalue weighted by atomic mass is 32.2. The summed E-state index contributed by atoms with van der Waals surface area (Å²) in [6.45, 7) is 4.29. The molecule has 0 unspecified atom stereocenters. The number of ether oxygens (including phenoxy) is 1. The van der Waals surface area contributed by atoms with Gasteiger partial charge in [0.15, 0.2) is 0 Å². The molecule has 0 saturated heterocycles. The minimum absolute atomic E-state index is 0.0708. The number of aromatic carboxylic acids is 1. The lowest BCUT2D eigenvalue weighted by atomic mass is 10.1. The van der Waals surface area contributed by atoms with Crippen LogP contribution >= 0.6 is 0 Å². The first kappa shape index (κ1) is 21.9. The number of nitrogens with zero attached hydrogens (tertiary/aromatic N) is 2. The lowest BCUT2D eigenvalue weighted by Crippen LogP contribution is -2.39. The Morgan fingerprint density at radius 3 is 2.19 bits per heavy atom. The van der Waals surface area contributed by atoms with Crippen molar-refractivity contribution in [1.82, 2.24) is 4.31 Å². The molecule has 1 amide bonds. The molecule has 0 spiro atoms. The van der Waals surface area contributed by atoms with Crippen LogP contribution in [0.3, 0.4) is 0 Å². The summed E-state index contributed by atoms with van der Waals surface area (Å²) < 4.78 is 30.6. The maximum absolute atomic E-state index is 12.4. The molecule has 2 N–H and O–H groups in total. The van der Waals surface area contributed by atoms with Gasteiger partial charge in [0.1, 0.15) is 5.60 Å². The minimum Gasteiger partial charge on any atom is -0.478 e. The summed E-state index contributed by atoms with van der Waals surface area (Å²) in [4.78, 5) is 24.8. The molecule has 26 heavy (non-hydrogen) atoms. The second-order valence-corrected chi connectivity index (χ2v) is 8.78. The quantitative estimate of drug-likeness (QED) is 0.754. The number of benzene rings is 1. The zero-order valence-electron chi connectivity index (χ0n) is 15.4. The number of hydrogen-bond acceptors (Lipinski definition) is 6. The van der Waals surface area contributed by atoms with Gasteiger partial charge in [-0.25, -0.2) is 22.3 Å². The van der Waals surface area contributed by atoms with Gasteiger partial charge in [-0.2, -0.15) is 0 Å². The van der Waals surface area contributed by atoms with Crippen molar-refractivity contribution in [2.45, 2.75) is 31.3 Å². The third-order valence-corrected chi connectivity index (χ3v) is 5.02. The summed E-state index contributed by atoms with van der Waals surface area (Å²) in [7, 11) is -1.21. The number of aliphatic hydroxyl groups excluding tert-OH is 1. The summed E-state index contributed by atoms with van der Waals surface area (Å²) in [6.07, 6.45) is -0.850. The summed E-state index contributed by atoms with van der Waals surface area (Å²) in [6, 6.07) is 3.38. The number of anilines is 1. The molecule has 0 aromatic heterocycles. The van der Waals surface area contributed by atoms with E-state index in [1.807, 2.05) is 0 Å². The van der Waals surface area contributed by atoms with E-state index in [9.17, 15) is 28.2 Å². The van der Waals surface area contributed by atoms with Crippen molar-refractivity contribution in [2.75, 3.05) is 32.1 Å². The Bertz CT molecular complexity index is 782. The van der Waals surface area contributed by atoms with Crippen LogP contribution in [0, 0.1) is 0 Å². The molecule has 0 fully saturated rings. The van der Waals surface area contributed by atoms with E-state index < -0.39 is 39.9 Å². The first-order valence-corrected chi connectivity index (χ1v) is 9.16. The van der Waals surface area contributed by atoms with E-state index in [1.165, 1.54) is 26.2 Å². The average molecular weight is 388 g/mol. The highest BCUT2D eigenvalue weighted by molar-refractivity contribution is 7.89. The Labute approximate surface area is 152 Å². The van der Waals surface area contributed by atoms with E-state index in [4.69, 9.17) is 4.74 Å². The van der Waals surface area contributed by atoms with Crippen LogP contribution in [0.5, 0.6) is 0 Å². The fourth-order valence-corrected chi connectivity index (χ4v) is 2.95. The molecule has 0 atom stereocenters. The van der Waals surface area contributed by atoms with Crippen molar-refractivity contribution in [3.05, 3.63) is 23.8 Å². The van der Waals surface area contributed by atoms with Crippen LogP contribution < -0.4 is 4.90 Å². The fraction of sp³-hybridized carbons (Fsp3) is 0.500. The predicted octanol–water partition coefficient (Wildman–Crippen LogP) is 1.37. The summed E-state index contributed by atoms with van der Waals surface area (Å²) in [5, 5.41) is 18.7. The molecular weight excluding hydrogens is 364 g/mol. The molecule has 0 saturated carbocycles. The Balaban J connectivity index is 3.48. The number of carbonyl (C=O) groups is 2. The number of carboxylic acids is 1. The third kappa shape index (κ3) is 5.16. The molecule has 0 bridgehead atoms. The van der Waals surface area contributed by atoms with Gasteiger partial charge in [-0.15, -0.1) is 0 Å². The van der Waals surface area contributed by atoms with Crippen molar-refractivity contribution >= 4 is 27.8 Å². The zero-order chi connectivity index (χ0) is 20.3. The molecule has 0 radical (unpaired) electrons. The number of sulfonamides is 1. The number of carboxylic acid groups (broad SMARTS) is 1. The van der Waals surface area contributed by atoms with Crippen LogP contribution in [0.2, 0.25) is 0 Å². The van der Waals surface area contributed by atoms with Gasteiger partial charge in [-0.1, -0.05) is 0 Å². The van der Waals surface area contributed by atoms with Gasteiger partial charge in [0, 0.05) is 14.1 Å². The van der Waals surface area contributed by atoms with E-state index in [1.54, 1.807) is 20.8 Å². The van der Waals surface area contributed by atoms with Crippen LogP contribution in [-0.2, 0) is 14.8 Å². The molecule has 9 nitrogen and oxygen atoms in total. The minimum atomic E-state index is -3.85. The largest absolute Gasteiger partial charge is 0.478 e. The summed E-state index contributed by atoms with van der Waals surface area (Å²) in [5.41, 5.74) is -1.30. The first-order valence-electron chi connectivity index (χ1n) is 7.72. The van der Waals surface area contributed by atoms with Gasteiger partial charge in [0.05, 0.1) is 29.3 Å². The molecule has 1 aromatic carbocycles. The number of amides is 1. The van der Waals surface area contributed by atoms with Crippen molar-refractivity contribution < 1.29 is 33.0 Å². The Kier molecular flexibility index (Phi) is 6.75. The topological polar surface area (TPSA) is 124 Å². The number of carbonyl (C=O) groups excluding carboxylic acids is 1. The van der Waals surface area contributed by atoms with Crippen LogP contribution in [-0.4, -0.2) is 67.8 Å². The highest BCUT2D eigenvalue weighted by Gasteiger charge is 2.28. The van der Waals surface area contributed by atoms with Crippen molar-refractivity contribution in [3.8, 4) is 0 Å². The van der Waals surface area contributed by atoms with Crippen molar-refractivity contribution in [1.29, 1.82) is 0 Å². The molecule has 0 heterocycles. The monoisotopic (exact) mass is 388 g/mol. The molecule has 0 aliphatic carbocycles.